The topological polar surface area (TPSA) is 58.3 Å². The molecular weight excluding hydrogens is 386 g/mol. The molecule has 2 rings (SSSR count). The average molecular weight is 406 g/mol. The molecule has 2 aromatic rings. The van der Waals surface area contributed by atoms with Crippen molar-refractivity contribution in [2.75, 3.05) is 13.1 Å². The molecule has 0 saturated carbocycles. The Kier molecular flexibility index (Phi) is 6.74. The lowest BCUT2D eigenvalue weighted by Crippen LogP contribution is -2.39. The van der Waals surface area contributed by atoms with Crippen LogP contribution in [0.25, 0.3) is 0 Å². The number of halogens is 6. The number of aliphatic hydroxyl groups is 1. The third-order valence-corrected chi connectivity index (χ3v) is 4.26. The van der Waals surface area contributed by atoms with E-state index in [1.54, 1.807) is 30.3 Å². The van der Waals surface area contributed by atoms with Gasteiger partial charge in [-0.1, -0.05) is 30.3 Å². The third kappa shape index (κ3) is 5.70. The fourth-order valence-electron chi connectivity index (χ4n) is 2.86. The summed E-state index contributed by atoms with van der Waals surface area (Å²) in [7, 11) is 0. The Morgan fingerprint density at radius 1 is 0.821 bits per heavy atom. The zero-order valence-corrected chi connectivity index (χ0v) is 14.7. The Hall–Kier alpha value is -2.10. The van der Waals surface area contributed by atoms with Gasteiger partial charge in [0, 0.05) is 13.1 Å². The SMILES string of the molecule is NCCC(O)(CNCc1cc(C(F)(F)F)cc(C(F)(F)F)c1)c1ccccc1. The van der Waals surface area contributed by atoms with Crippen LogP contribution in [-0.2, 0) is 24.5 Å². The molecule has 0 heterocycles. The number of hydrogen-bond donors (Lipinski definition) is 3. The molecule has 0 amide bonds. The highest BCUT2D eigenvalue weighted by Gasteiger charge is 2.37. The van der Waals surface area contributed by atoms with E-state index in [1.807, 2.05) is 0 Å². The molecule has 0 spiro atoms. The molecule has 0 saturated heterocycles. The molecule has 28 heavy (non-hydrogen) atoms. The van der Waals surface area contributed by atoms with Crippen molar-refractivity contribution >= 4 is 0 Å². The van der Waals surface area contributed by atoms with E-state index in [2.05, 4.69) is 5.32 Å². The minimum absolute atomic E-state index is 0.0816. The zero-order chi connectivity index (χ0) is 21.0. The number of rotatable bonds is 7. The van der Waals surface area contributed by atoms with Crippen molar-refractivity contribution in [3.8, 4) is 0 Å². The summed E-state index contributed by atoms with van der Waals surface area (Å²) >= 11 is 0. The van der Waals surface area contributed by atoms with Crippen LogP contribution in [0, 0.1) is 0 Å². The van der Waals surface area contributed by atoms with E-state index < -0.39 is 29.1 Å². The van der Waals surface area contributed by atoms with Crippen LogP contribution in [-0.4, -0.2) is 18.2 Å². The molecule has 4 N–H and O–H groups in total. The largest absolute Gasteiger partial charge is 0.416 e. The highest BCUT2D eigenvalue weighted by atomic mass is 19.4. The van der Waals surface area contributed by atoms with Crippen molar-refractivity contribution in [1.29, 1.82) is 0 Å². The summed E-state index contributed by atoms with van der Waals surface area (Å²) in [5, 5.41) is 13.6. The predicted octanol–water partition coefficient (Wildman–Crippen LogP) is 4.05. The van der Waals surface area contributed by atoms with Crippen LogP contribution >= 0.6 is 0 Å². The summed E-state index contributed by atoms with van der Waals surface area (Å²) in [5.41, 5.74) is 1.74. The number of nitrogens with two attached hydrogens (primary N) is 1. The van der Waals surface area contributed by atoms with Crippen molar-refractivity contribution in [3.63, 3.8) is 0 Å². The van der Waals surface area contributed by atoms with Crippen LogP contribution in [0.3, 0.4) is 0 Å². The summed E-state index contributed by atoms with van der Waals surface area (Å²) in [6.45, 7) is -0.229. The van der Waals surface area contributed by atoms with E-state index in [0.717, 1.165) is 0 Å². The lowest BCUT2D eigenvalue weighted by atomic mass is 9.90. The molecule has 0 aromatic heterocycles. The molecule has 0 fully saturated rings. The van der Waals surface area contributed by atoms with Crippen molar-refractivity contribution in [1.82, 2.24) is 5.32 Å². The van der Waals surface area contributed by atoms with Gasteiger partial charge in [0.05, 0.1) is 11.1 Å². The first-order chi connectivity index (χ1) is 13.0. The Morgan fingerprint density at radius 3 is 1.82 bits per heavy atom. The van der Waals surface area contributed by atoms with E-state index in [-0.39, 0.29) is 37.7 Å². The van der Waals surface area contributed by atoms with Crippen molar-refractivity contribution in [3.05, 3.63) is 70.8 Å². The first-order valence-corrected chi connectivity index (χ1v) is 8.43. The molecule has 2 aromatic carbocycles. The van der Waals surface area contributed by atoms with Gasteiger partial charge >= 0.3 is 12.4 Å². The summed E-state index contributed by atoms with van der Waals surface area (Å²) in [4.78, 5) is 0. The minimum Gasteiger partial charge on any atom is -0.384 e. The first-order valence-electron chi connectivity index (χ1n) is 8.43. The summed E-state index contributed by atoms with van der Waals surface area (Å²) < 4.78 is 77.6. The summed E-state index contributed by atoms with van der Waals surface area (Å²) in [6, 6.07) is 9.91. The van der Waals surface area contributed by atoms with Crippen molar-refractivity contribution < 1.29 is 31.4 Å². The standard InChI is InChI=1S/C19H20F6N2O/c20-18(21,22)15-8-13(9-16(10-15)19(23,24)25)11-27-12-17(28,6-7-26)14-4-2-1-3-5-14/h1-5,8-10,27-28H,6-7,11-12,26H2. The average Bonchev–Trinajstić information content (AvgIpc) is 2.61. The van der Waals surface area contributed by atoms with E-state index in [9.17, 15) is 31.4 Å². The van der Waals surface area contributed by atoms with Gasteiger partial charge in [0.2, 0.25) is 0 Å². The molecule has 0 bridgehead atoms. The number of hydrogen-bond acceptors (Lipinski definition) is 3. The monoisotopic (exact) mass is 406 g/mol. The number of alkyl halides is 6. The van der Waals surface area contributed by atoms with E-state index in [1.165, 1.54) is 0 Å². The van der Waals surface area contributed by atoms with Crippen LogP contribution in [0.1, 0.15) is 28.7 Å². The molecule has 3 nitrogen and oxygen atoms in total. The van der Waals surface area contributed by atoms with Crippen LogP contribution < -0.4 is 11.1 Å². The maximum absolute atomic E-state index is 12.9. The molecule has 154 valence electrons. The summed E-state index contributed by atoms with van der Waals surface area (Å²) in [6.07, 6.45) is -9.64. The zero-order valence-electron chi connectivity index (χ0n) is 14.7. The maximum Gasteiger partial charge on any atom is 0.416 e. The van der Waals surface area contributed by atoms with Crippen molar-refractivity contribution in [2.24, 2.45) is 5.73 Å². The first kappa shape index (κ1) is 22.2. The second kappa shape index (κ2) is 8.50. The molecule has 9 heteroatoms. The van der Waals surface area contributed by atoms with Crippen LogP contribution in [0.5, 0.6) is 0 Å². The van der Waals surface area contributed by atoms with Gasteiger partial charge in [0.25, 0.3) is 0 Å². The van der Waals surface area contributed by atoms with Crippen LogP contribution in [0.2, 0.25) is 0 Å². The van der Waals surface area contributed by atoms with Gasteiger partial charge in [-0.2, -0.15) is 26.3 Å². The second-order valence-corrected chi connectivity index (χ2v) is 6.45. The normalized spacial score (nSPS) is 14.7. The van der Waals surface area contributed by atoms with Gasteiger partial charge in [0.1, 0.15) is 5.60 Å². The van der Waals surface area contributed by atoms with Gasteiger partial charge in [-0.15, -0.1) is 0 Å². The van der Waals surface area contributed by atoms with Crippen LogP contribution in [0.15, 0.2) is 48.5 Å². The Bertz CT molecular complexity index is 744. The van der Waals surface area contributed by atoms with Gasteiger partial charge in [-0.3, -0.25) is 0 Å². The second-order valence-electron chi connectivity index (χ2n) is 6.45. The van der Waals surface area contributed by atoms with E-state index in [0.29, 0.717) is 17.7 Å². The van der Waals surface area contributed by atoms with Crippen LogP contribution in [0.4, 0.5) is 26.3 Å². The number of nitrogens with one attached hydrogen (secondary N) is 1. The van der Waals surface area contributed by atoms with E-state index in [4.69, 9.17) is 5.73 Å². The van der Waals surface area contributed by atoms with Gasteiger partial charge in [-0.25, -0.2) is 0 Å². The maximum atomic E-state index is 12.9. The third-order valence-electron chi connectivity index (χ3n) is 4.26. The lowest BCUT2D eigenvalue weighted by Gasteiger charge is -2.29. The van der Waals surface area contributed by atoms with Gasteiger partial charge in [-0.05, 0) is 42.3 Å². The predicted molar refractivity (Wildman–Crippen MR) is 92.2 cm³/mol. The highest BCUT2D eigenvalue weighted by molar-refractivity contribution is 5.33. The van der Waals surface area contributed by atoms with Gasteiger partial charge in [0.15, 0.2) is 0 Å². The quantitative estimate of drug-likeness (QED) is 0.608. The Labute approximate surface area is 158 Å². The minimum atomic E-state index is -4.90. The van der Waals surface area contributed by atoms with E-state index >= 15 is 0 Å². The molecule has 0 aliphatic carbocycles. The van der Waals surface area contributed by atoms with Crippen molar-refractivity contribution in [2.45, 2.75) is 30.9 Å². The molecule has 0 aliphatic rings. The molecule has 0 aliphatic heterocycles. The number of benzene rings is 2. The fourth-order valence-corrected chi connectivity index (χ4v) is 2.86. The molecule has 1 unspecified atom stereocenters. The Balaban J connectivity index is 2.21. The molecule has 1 atom stereocenters. The Morgan fingerprint density at radius 2 is 1.36 bits per heavy atom. The lowest BCUT2D eigenvalue weighted by molar-refractivity contribution is -0.143. The summed E-state index contributed by atoms with van der Waals surface area (Å²) in [5.74, 6) is 0. The smallest absolute Gasteiger partial charge is 0.384 e. The molecule has 0 radical (unpaired) electrons. The van der Waals surface area contributed by atoms with Gasteiger partial charge < -0.3 is 16.2 Å². The fraction of sp³-hybridized carbons (Fsp3) is 0.368. The molecular formula is C19H20F6N2O. The highest BCUT2D eigenvalue weighted by Crippen LogP contribution is 2.36.